The molecule has 0 bridgehead atoms. The van der Waals surface area contributed by atoms with Gasteiger partial charge in [-0.25, -0.2) is 0 Å². The molecule has 0 fully saturated rings. The molecule has 0 saturated heterocycles. The van der Waals surface area contributed by atoms with Crippen molar-refractivity contribution in [1.29, 1.82) is 0 Å². The number of benzene rings is 1. The Bertz CT molecular complexity index is 396. The molecule has 0 aromatic heterocycles. The molecule has 13 heavy (non-hydrogen) atoms. The van der Waals surface area contributed by atoms with Gasteiger partial charge in [-0.05, 0) is 60.4 Å². The van der Waals surface area contributed by atoms with E-state index in [1.54, 1.807) is 22.3 Å². The van der Waals surface area contributed by atoms with Crippen molar-refractivity contribution in [3.63, 3.8) is 0 Å². The summed E-state index contributed by atoms with van der Waals surface area (Å²) in [6, 6.07) is 2.44. The van der Waals surface area contributed by atoms with Gasteiger partial charge in [-0.2, -0.15) is 0 Å². The van der Waals surface area contributed by atoms with Crippen LogP contribution >= 0.6 is 0 Å². The zero-order valence-electron chi connectivity index (χ0n) is 8.06. The maximum Gasteiger partial charge on any atom is -0.00880 e. The van der Waals surface area contributed by atoms with Gasteiger partial charge < -0.3 is 0 Å². The van der Waals surface area contributed by atoms with Crippen molar-refractivity contribution in [1.82, 2.24) is 0 Å². The Balaban J connectivity index is 2.30. The zero-order valence-corrected chi connectivity index (χ0v) is 8.06. The monoisotopic (exact) mass is 170 g/mol. The molecule has 0 spiro atoms. The lowest BCUT2D eigenvalue weighted by atomic mass is 9.95. The summed E-state index contributed by atoms with van der Waals surface area (Å²) in [4.78, 5) is 0. The Morgan fingerprint density at radius 2 is 2.08 bits per heavy atom. The van der Waals surface area contributed by atoms with Gasteiger partial charge in [0.1, 0.15) is 0 Å². The van der Waals surface area contributed by atoms with Gasteiger partial charge >= 0.3 is 0 Å². The fraction of sp³-hybridized carbons (Fsp3) is 0.385. The first kappa shape index (κ1) is 7.37. The highest BCUT2D eigenvalue weighted by Gasteiger charge is 2.18. The molecular weight excluding hydrogens is 156 g/mol. The van der Waals surface area contributed by atoms with E-state index in [4.69, 9.17) is 0 Å². The predicted molar refractivity (Wildman–Crippen MR) is 55.9 cm³/mol. The SMILES string of the molecule is Cc1c2c(cc3c1CCC3)CC=C2. The van der Waals surface area contributed by atoms with Crippen LogP contribution in [0.4, 0.5) is 0 Å². The van der Waals surface area contributed by atoms with Crippen molar-refractivity contribution < 1.29 is 0 Å². The Morgan fingerprint density at radius 3 is 3.00 bits per heavy atom. The second-order valence-corrected chi connectivity index (χ2v) is 4.17. The zero-order chi connectivity index (χ0) is 8.84. The largest absolute Gasteiger partial charge is 0.0795 e. The lowest BCUT2D eigenvalue weighted by Crippen LogP contribution is -1.94. The molecule has 0 heteroatoms. The van der Waals surface area contributed by atoms with Gasteiger partial charge in [0, 0.05) is 0 Å². The highest BCUT2D eigenvalue weighted by molar-refractivity contribution is 5.66. The second-order valence-electron chi connectivity index (χ2n) is 4.17. The van der Waals surface area contributed by atoms with Crippen molar-refractivity contribution in [2.75, 3.05) is 0 Å². The van der Waals surface area contributed by atoms with Gasteiger partial charge in [0.05, 0.1) is 0 Å². The third-order valence-corrected chi connectivity index (χ3v) is 3.43. The summed E-state index contributed by atoms with van der Waals surface area (Å²) in [5.74, 6) is 0. The van der Waals surface area contributed by atoms with Crippen LogP contribution < -0.4 is 0 Å². The minimum atomic E-state index is 1.16. The number of fused-ring (bicyclic) bond motifs is 2. The smallest absolute Gasteiger partial charge is 0.00880 e. The minimum absolute atomic E-state index is 1.16. The van der Waals surface area contributed by atoms with E-state index in [2.05, 4.69) is 25.1 Å². The summed E-state index contributed by atoms with van der Waals surface area (Å²) in [5.41, 5.74) is 7.89. The Kier molecular flexibility index (Phi) is 1.40. The van der Waals surface area contributed by atoms with Crippen LogP contribution in [0, 0.1) is 6.92 Å². The van der Waals surface area contributed by atoms with Crippen LogP contribution in [-0.2, 0) is 19.3 Å². The lowest BCUT2D eigenvalue weighted by molar-refractivity contribution is 0.909. The minimum Gasteiger partial charge on any atom is -0.0795 e. The first-order valence-corrected chi connectivity index (χ1v) is 5.17. The summed E-state index contributed by atoms with van der Waals surface area (Å²) in [6.45, 7) is 2.29. The number of allylic oxidation sites excluding steroid dienone is 1. The van der Waals surface area contributed by atoms with Crippen molar-refractivity contribution in [2.24, 2.45) is 0 Å². The van der Waals surface area contributed by atoms with Gasteiger partial charge in [0.2, 0.25) is 0 Å². The van der Waals surface area contributed by atoms with E-state index in [1.165, 1.54) is 24.8 Å². The Morgan fingerprint density at radius 1 is 1.15 bits per heavy atom. The van der Waals surface area contributed by atoms with Gasteiger partial charge in [-0.1, -0.05) is 18.2 Å². The van der Waals surface area contributed by atoms with E-state index in [0.717, 1.165) is 6.42 Å². The Hall–Kier alpha value is -1.04. The molecule has 0 radical (unpaired) electrons. The quantitative estimate of drug-likeness (QED) is 0.561. The second kappa shape index (κ2) is 2.47. The van der Waals surface area contributed by atoms with E-state index in [-0.39, 0.29) is 0 Å². The fourth-order valence-electron chi connectivity index (χ4n) is 2.75. The highest BCUT2D eigenvalue weighted by Crippen LogP contribution is 2.33. The average molecular weight is 170 g/mol. The molecule has 2 aliphatic carbocycles. The molecule has 2 aliphatic rings. The van der Waals surface area contributed by atoms with Crippen LogP contribution in [0.3, 0.4) is 0 Å². The normalized spacial score (nSPS) is 17.6. The molecule has 0 atom stereocenters. The molecule has 1 aromatic carbocycles. The molecule has 0 amide bonds. The maximum atomic E-state index is 2.44. The maximum absolute atomic E-state index is 2.44. The van der Waals surface area contributed by atoms with Gasteiger partial charge in [0.25, 0.3) is 0 Å². The van der Waals surface area contributed by atoms with Crippen molar-refractivity contribution >= 4 is 6.08 Å². The molecule has 0 saturated carbocycles. The summed E-state index contributed by atoms with van der Waals surface area (Å²) in [5, 5.41) is 0. The van der Waals surface area contributed by atoms with Crippen LogP contribution in [0.5, 0.6) is 0 Å². The summed E-state index contributed by atoms with van der Waals surface area (Å²) < 4.78 is 0. The molecule has 66 valence electrons. The third kappa shape index (κ3) is 0.918. The third-order valence-electron chi connectivity index (χ3n) is 3.43. The van der Waals surface area contributed by atoms with Crippen LogP contribution in [0.2, 0.25) is 0 Å². The van der Waals surface area contributed by atoms with E-state index < -0.39 is 0 Å². The lowest BCUT2D eigenvalue weighted by Gasteiger charge is -2.09. The van der Waals surface area contributed by atoms with Crippen molar-refractivity contribution in [3.8, 4) is 0 Å². The summed E-state index contributed by atoms with van der Waals surface area (Å²) in [6.07, 6.45) is 9.72. The van der Waals surface area contributed by atoms with Crippen LogP contribution in [0.1, 0.15) is 34.2 Å². The van der Waals surface area contributed by atoms with Gasteiger partial charge in [-0.15, -0.1) is 0 Å². The summed E-state index contributed by atoms with van der Waals surface area (Å²) >= 11 is 0. The number of hydrogen-bond acceptors (Lipinski definition) is 0. The molecule has 3 rings (SSSR count). The van der Waals surface area contributed by atoms with E-state index >= 15 is 0 Å². The molecule has 0 unspecified atom stereocenters. The first-order chi connectivity index (χ1) is 6.36. The topological polar surface area (TPSA) is 0 Å². The molecule has 0 N–H and O–H groups in total. The molecule has 0 aliphatic heterocycles. The van der Waals surface area contributed by atoms with Crippen molar-refractivity contribution in [2.45, 2.75) is 32.6 Å². The van der Waals surface area contributed by atoms with E-state index in [9.17, 15) is 0 Å². The Labute approximate surface area is 79.3 Å². The fourth-order valence-corrected chi connectivity index (χ4v) is 2.75. The molecule has 0 heterocycles. The molecule has 1 aromatic rings. The van der Waals surface area contributed by atoms with Crippen LogP contribution in [0.15, 0.2) is 12.1 Å². The predicted octanol–water partition coefficient (Wildman–Crippen LogP) is 3.05. The molecule has 0 nitrogen and oxygen atoms in total. The number of rotatable bonds is 0. The average Bonchev–Trinajstić information content (AvgIpc) is 2.71. The van der Waals surface area contributed by atoms with Crippen LogP contribution in [-0.4, -0.2) is 0 Å². The highest BCUT2D eigenvalue weighted by atomic mass is 14.2. The standard InChI is InChI=1S/C13H14/c1-9-12-6-2-4-10(12)8-11-5-3-7-13(9)11/h2,6,8H,3-5,7H2,1H3. The van der Waals surface area contributed by atoms with Crippen molar-refractivity contribution in [3.05, 3.63) is 40.0 Å². The first-order valence-electron chi connectivity index (χ1n) is 5.17. The number of aryl methyl sites for hydroxylation is 1. The van der Waals surface area contributed by atoms with E-state index in [1.807, 2.05) is 0 Å². The number of hydrogen-bond donors (Lipinski definition) is 0. The van der Waals surface area contributed by atoms with Crippen LogP contribution in [0.25, 0.3) is 6.08 Å². The summed E-state index contributed by atoms with van der Waals surface area (Å²) in [7, 11) is 0. The van der Waals surface area contributed by atoms with E-state index in [0.29, 0.717) is 0 Å². The molecular formula is C13H14. The van der Waals surface area contributed by atoms with Gasteiger partial charge in [0.15, 0.2) is 0 Å². The van der Waals surface area contributed by atoms with Gasteiger partial charge in [-0.3, -0.25) is 0 Å².